The molecule has 0 saturated heterocycles. The number of rotatable bonds is 6. The van der Waals surface area contributed by atoms with Crippen LogP contribution in [0.1, 0.15) is 37.0 Å². The van der Waals surface area contributed by atoms with Crippen molar-refractivity contribution in [3.8, 4) is 0 Å². The number of H-pyrrole nitrogens is 1. The molecule has 1 aromatic carbocycles. The maximum atomic E-state index is 12.4. The van der Waals surface area contributed by atoms with Crippen LogP contribution in [0.4, 0.5) is 5.69 Å². The Kier molecular flexibility index (Phi) is 4.53. The number of nitrogen functional groups attached to an aromatic ring is 1. The van der Waals surface area contributed by atoms with Crippen LogP contribution in [-0.4, -0.2) is 29.1 Å². The Bertz CT molecular complexity index is 621. The standard InChI is InChI=1S/C16H23N3O2/c1-3-16(4-2,10-20)9-19-15(21)13-8-18-14-7-11(17)5-6-12(13)14/h5-8,18,20H,3-4,9-10,17H2,1-2H3,(H,19,21). The van der Waals surface area contributed by atoms with Crippen molar-refractivity contribution in [1.82, 2.24) is 10.3 Å². The van der Waals surface area contributed by atoms with Crippen LogP contribution in [-0.2, 0) is 0 Å². The maximum Gasteiger partial charge on any atom is 0.253 e. The van der Waals surface area contributed by atoms with Gasteiger partial charge in [0.05, 0.1) is 12.2 Å². The summed E-state index contributed by atoms with van der Waals surface area (Å²) in [4.78, 5) is 15.4. The van der Waals surface area contributed by atoms with E-state index in [0.29, 0.717) is 17.8 Å². The summed E-state index contributed by atoms with van der Waals surface area (Å²) in [6, 6.07) is 5.43. The minimum absolute atomic E-state index is 0.0741. The van der Waals surface area contributed by atoms with Gasteiger partial charge in [0.1, 0.15) is 0 Å². The van der Waals surface area contributed by atoms with Crippen molar-refractivity contribution >= 4 is 22.5 Å². The number of benzene rings is 1. The van der Waals surface area contributed by atoms with Crippen LogP contribution in [0.5, 0.6) is 0 Å². The molecule has 2 rings (SSSR count). The number of carbonyl (C=O) groups excluding carboxylic acids is 1. The molecule has 1 amide bonds. The summed E-state index contributed by atoms with van der Waals surface area (Å²) in [5, 5.41) is 13.3. The molecule has 21 heavy (non-hydrogen) atoms. The SMILES string of the molecule is CCC(CC)(CO)CNC(=O)c1c[nH]c2cc(N)ccc12. The zero-order chi connectivity index (χ0) is 15.5. The molecule has 0 radical (unpaired) electrons. The fourth-order valence-electron chi connectivity index (χ4n) is 2.47. The summed E-state index contributed by atoms with van der Waals surface area (Å²) in [5.74, 6) is -0.134. The van der Waals surface area contributed by atoms with Gasteiger partial charge in [-0.2, -0.15) is 0 Å². The Morgan fingerprint density at radius 3 is 2.71 bits per heavy atom. The predicted molar refractivity (Wildman–Crippen MR) is 85.1 cm³/mol. The number of hydrogen-bond acceptors (Lipinski definition) is 3. The predicted octanol–water partition coefficient (Wildman–Crippen LogP) is 2.28. The summed E-state index contributed by atoms with van der Waals surface area (Å²) >= 11 is 0. The second kappa shape index (κ2) is 6.18. The van der Waals surface area contributed by atoms with Gasteiger partial charge in [0.25, 0.3) is 5.91 Å². The van der Waals surface area contributed by atoms with E-state index in [9.17, 15) is 9.90 Å². The van der Waals surface area contributed by atoms with Gasteiger partial charge in [0, 0.05) is 34.7 Å². The van der Waals surface area contributed by atoms with Gasteiger partial charge in [-0.25, -0.2) is 0 Å². The summed E-state index contributed by atoms with van der Waals surface area (Å²) < 4.78 is 0. The Morgan fingerprint density at radius 2 is 2.10 bits per heavy atom. The van der Waals surface area contributed by atoms with E-state index < -0.39 is 0 Å². The molecule has 114 valence electrons. The van der Waals surface area contributed by atoms with E-state index >= 15 is 0 Å². The van der Waals surface area contributed by atoms with Crippen LogP contribution in [0, 0.1) is 5.41 Å². The third kappa shape index (κ3) is 3.03. The van der Waals surface area contributed by atoms with Crippen molar-refractivity contribution in [3.05, 3.63) is 30.0 Å². The Morgan fingerprint density at radius 1 is 1.38 bits per heavy atom. The molecule has 0 saturated carbocycles. The number of aromatic amines is 1. The lowest BCUT2D eigenvalue weighted by atomic mass is 9.83. The number of aliphatic hydroxyl groups excluding tert-OH is 1. The molecule has 0 aliphatic heterocycles. The molecule has 5 nitrogen and oxygen atoms in total. The number of fused-ring (bicyclic) bond motifs is 1. The van der Waals surface area contributed by atoms with Crippen molar-refractivity contribution < 1.29 is 9.90 Å². The molecule has 0 bridgehead atoms. The second-order valence-electron chi connectivity index (χ2n) is 5.56. The lowest BCUT2D eigenvalue weighted by Gasteiger charge is -2.29. The van der Waals surface area contributed by atoms with Gasteiger partial charge in [0.2, 0.25) is 0 Å². The fourth-order valence-corrected chi connectivity index (χ4v) is 2.47. The van der Waals surface area contributed by atoms with Crippen LogP contribution < -0.4 is 11.1 Å². The summed E-state index contributed by atoms with van der Waals surface area (Å²) in [6.45, 7) is 4.60. The normalized spacial score (nSPS) is 11.8. The maximum absolute atomic E-state index is 12.4. The van der Waals surface area contributed by atoms with E-state index in [-0.39, 0.29) is 17.9 Å². The van der Waals surface area contributed by atoms with Crippen molar-refractivity contribution in [3.63, 3.8) is 0 Å². The van der Waals surface area contributed by atoms with Crippen molar-refractivity contribution in [2.75, 3.05) is 18.9 Å². The highest BCUT2D eigenvalue weighted by Crippen LogP contribution is 2.25. The molecule has 5 heteroatoms. The highest BCUT2D eigenvalue weighted by atomic mass is 16.3. The van der Waals surface area contributed by atoms with E-state index in [1.54, 1.807) is 12.3 Å². The van der Waals surface area contributed by atoms with Gasteiger partial charge in [-0.15, -0.1) is 0 Å². The van der Waals surface area contributed by atoms with E-state index in [1.165, 1.54) is 0 Å². The first-order valence-corrected chi connectivity index (χ1v) is 7.31. The van der Waals surface area contributed by atoms with Crippen LogP contribution in [0.3, 0.4) is 0 Å². The van der Waals surface area contributed by atoms with Crippen LogP contribution >= 0.6 is 0 Å². The number of amides is 1. The molecular formula is C16H23N3O2. The average molecular weight is 289 g/mol. The summed E-state index contributed by atoms with van der Waals surface area (Å²) in [6.07, 6.45) is 3.34. The molecule has 0 aliphatic rings. The molecule has 0 aliphatic carbocycles. The first-order valence-electron chi connectivity index (χ1n) is 7.31. The third-order valence-corrected chi connectivity index (χ3v) is 4.41. The van der Waals surface area contributed by atoms with Gasteiger partial charge in [-0.1, -0.05) is 13.8 Å². The van der Waals surface area contributed by atoms with Crippen LogP contribution in [0.25, 0.3) is 10.9 Å². The monoisotopic (exact) mass is 289 g/mol. The molecule has 0 unspecified atom stereocenters. The largest absolute Gasteiger partial charge is 0.399 e. The smallest absolute Gasteiger partial charge is 0.253 e. The van der Waals surface area contributed by atoms with Crippen molar-refractivity contribution in [2.24, 2.45) is 5.41 Å². The van der Waals surface area contributed by atoms with Gasteiger partial charge in [0.15, 0.2) is 0 Å². The second-order valence-corrected chi connectivity index (χ2v) is 5.56. The lowest BCUT2D eigenvalue weighted by Crippen LogP contribution is -2.39. The fraction of sp³-hybridized carbons (Fsp3) is 0.438. The van der Waals surface area contributed by atoms with E-state index in [1.807, 2.05) is 26.0 Å². The van der Waals surface area contributed by atoms with E-state index in [2.05, 4.69) is 10.3 Å². The topological polar surface area (TPSA) is 91.1 Å². The number of nitrogens with two attached hydrogens (primary N) is 1. The molecule has 1 aromatic heterocycles. The minimum Gasteiger partial charge on any atom is -0.399 e. The number of aliphatic hydroxyl groups is 1. The Hall–Kier alpha value is -2.01. The lowest BCUT2D eigenvalue weighted by molar-refractivity contribution is 0.0852. The highest BCUT2D eigenvalue weighted by molar-refractivity contribution is 6.07. The zero-order valence-corrected chi connectivity index (χ0v) is 12.6. The quantitative estimate of drug-likeness (QED) is 0.615. The molecule has 0 atom stereocenters. The molecule has 2 aromatic rings. The number of anilines is 1. The molecule has 5 N–H and O–H groups in total. The number of carbonyl (C=O) groups is 1. The Balaban J connectivity index is 2.16. The first kappa shape index (κ1) is 15.4. The zero-order valence-electron chi connectivity index (χ0n) is 12.6. The third-order valence-electron chi connectivity index (χ3n) is 4.41. The number of nitrogens with one attached hydrogen (secondary N) is 2. The molecule has 0 fully saturated rings. The molecule has 0 spiro atoms. The van der Waals surface area contributed by atoms with Crippen molar-refractivity contribution in [2.45, 2.75) is 26.7 Å². The van der Waals surface area contributed by atoms with Gasteiger partial charge in [-0.05, 0) is 31.0 Å². The molecule has 1 heterocycles. The van der Waals surface area contributed by atoms with Crippen LogP contribution in [0.2, 0.25) is 0 Å². The number of aromatic nitrogens is 1. The average Bonchev–Trinajstić information content (AvgIpc) is 2.92. The van der Waals surface area contributed by atoms with Gasteiger partial charge < -0.3 is 21.1 Å². The van der Waals surface area contributed by atoms with Gasteiger partial charge in [-0.3, -0.25) is 4.79 Å². The van der Waals surface area contributed by atoms with Crippen LogP contribution in [0.15, 0.2) is 24.4 Å². The van der Waals surface area contributed by atoms with Crippen molar-refractivity contribution in [1.29, 1.82) is 0 Å². The van der Waals surface area contributed by atoms with E-state index in [0.717, 1.165) is 23.7 Å². The van der Waals surface area contributed by atoms with E-state index in [4.69, 9.17) is 5.73 Å². The summed E-state index contributed by atoms with van der Waals surface area (Å²) in [5.41, 5.74) is 7.59. The first-order chi connectivity index (χ1) is 10.0. The highest BCUT2D eigenvalue weighted by Gasteiger charge is 2.26. The summed E-state index contributed by atoms with van der Waals surface area (Å²) in [7, 11) is 0. The van der Waals surface area contributed by atoms with Gasteiger partial charge >= 0.3 is 0 Å². The number of hydrogen-bond donors (Lipinski definition) is 4. The minimum atomic E-state index is -0.244. The molecular weight excluding hydrogens is 266 g/mol. The Labute approximate surface area is 124 Å².